The zero-order chi connectivity index (χ0) is 17.4. The Balaban J connectivity index is 2.02. The molecule has 2 rings (SSSR count). The standard InChI is InChI=1S/C17H22N4O3/c1-14(17(23)24-2)12-21(10-3-9-20-11-8-19-13-20)16(22)15-4-6-18-7-5-15/h4-8,11,13-14H,3,9-10,12H2,1-2H3. The second-order valence-corrected chi connectivity index (χ2v) is 5.57. The van der Waals surface area contributed by atoms with Gasteiger partial charge < -0.3 is 14.2 Å². The second-order valence-electron chi connectivity index (χ2n) is 5.57. The van der Waals surface area contributed by atoms with Gasteiger partial charge in [-0.2, -0.15) is 0 Å². The summed E-state index contributed by atoms with van der Waals surface area (Å²) in [4.78, 5) is 34.0. The Labute approximate surface area is 141 Å². The van der Waals surface area contributed by atoms with E-state index < -0.39 is 0 Å². The molecule has 1 amide bonds. The van der Waals surface area contributed by atoms with Gasteiger partial charge in [-0.3, -0.25) is 14.6 Å². The molecule has 128 valence electrons. The fourth-order valence-electron chi connectivity index (χ4n) is 2.42. The second kappa shape index (κ2) is 8.81. The molecule has 7 nitrogen and oxygen atoms in total. The molecule has 0 N–H and O–H groups in total. The maximum atomic E-state index is 12.7. The van der Waals surface area contributed by atoms with Gasteiger partial charge in [-0.15, -0.1) is 0 Å². The first-order valence-electron chi connectivity index (χ1n) is 7.84. The normalized spacial score (nSPS) is 11.8. The highest BCUT2D eigenvalue weighted by molar-refractivity contribution is 5.94. The van der Waals surface area contributed by atoms with E-state index in [1.165, 1.54) is 7.11 Å². The summed E-state index contributed by atoms with van der Waals surface area (Å²) in [5, 5.41) is 0. The lowest BCUT2D eigenvalue weighted by Crippen LogP contribution is -2.38. The summed E-state index contributed by atoms with van der Waals surface area (Å²) in [5.41, 5.74) is 0.560. The van der Waals surface area contributed by atoms with Crippen molar-refractivity contribution in [1.82, 2.24) is 19.4 Å². The Morgan fingerprint density at radius 1 is 1.25 bits per heavy atom. The van der Waals surface area contributed by atoms with E-state index in [0.717, 1.165) is 13.0 Å². The number of hydrogen-bond donors (Lipinski definition) is 0. The summed E-state index contributed by atoms with van der Waals surface area (Å²) in [6.45, 7) is 3.37. The number of ether oxygens (including phenoxy) is 1. The number of carbonyl (C=O) groups excluding carboxylic acids is 2. The molecule has 0 saturated heterocycles. The molecule has 2 aromatic rings. The van der Waals surface area contributed by atoms with E-state index in [2.05, 4.69) is 9.97 Å². The minimum Gasteiger partial charge on any atom is -0.469 e. The molecule has 0 aliphatic carbocycles. The topological polar surface area (TPSA) is 77.3 Å². The molecule has 1 atom stereocenters. The molecular weight excluding hydrogens is 308 g/mol. The van der Waals surface area contributed by atoms with Crippen LogP contribution in [-0.2, 0) is 16.1 Å². The van der Waals surface area contributed by atoms with E-state index in [4.69, 9.17) is 4.74 Å². The van der Waals surface area contributed by atoms with Crippen LogP contribution in [0.15, 0.2) is 43.2 Å². The van der Waals surface area contributed by atoms with Crippen LogP contribution in [-0.4, -0.2) is 51.5 Å². The van der Waals surface area contributed by atoms with Crippen LogP contribution >= 0.6 is 0 Å². The van der Waals surface area contributed by atoms with Crippen molar-refractivity contribution in [1.29, 1.82) is 0 Å². The summed E-state index contributed by atoms with van der Waals surface area (Å²) in [5.74, 6) is -0.815. The molecule has 2 aromatic heterocycles. The smallest absolute Gasteiger partial charge is 0.310 e. The number of aryl methyl sites for hydroxylation is 1. The first-order valence-corrected chi connectivity index (χ1v) is 7.84. The third-order valence-electron chi connectivity index (χ3n) is 3.72. The number of carbonyl (C=O) groups is 2. The predicted octanol–water partition coefficient (Wildman–Crippen LogP) is 1.62. The average molecular weight is 330 g/mol. The van der Waals surface area contributed by atoms with Gasteiger partial charge in [0.1, 0.15) is 0 Å². The number of imidazole rings is 1. The third-order valence-corrected chi connectivity index (χ3v) is 3.72. The van der Waals surface area contributed by atoms with Gasteiger partial charge in [0.2, 0.25) is 0 Å². The lowest BCUT2D eigenvalue weighted by molar-refractivity contribution is -0.145. The van der Waals surface area contributed by atoms with Crippen LogP contribution in [0.25, 0.3) is 0 Å². The summed E-state index contributed by atoms with van der Waals surface area (Å²) in [7, 11) is 1.35. The zero-order valence-corrected chi connectivity index (χ0v) is 14.0. The molecule has 0 aliphatic rings. The van der Waals surface area contributed by atoms with E-state index in [0.29, 0.717) is 18.7 Å². The highest BCUT2D eigenvalue weighted by Crippen LogP contribution is 2.10. The molecule has 0 radical (unpaired) electrons. The number of methoxy groups -OCH3 is 1. The van der Waals surface area contributed by atoms with Crippen molar-refractivity contribution in [2.45, 2.75) is 19.9 Å². The quantitative estimate of drug-likeness (QED) is 0.687. The van der Waals surface area contributed by atoms with Gasteiger partial charge in [-0.25, -0.2) is 4.98 Å². The Morgan fingerprint density at radius 3 is 2.62 bits per heavy atom. The van der Waals surface area contributed by atoms with Crippen molar-refractivity contribution in [2.75, 3.05) is 20.2 Å². The van der Waals surface area contributed by atoms with Crippen molar-refractivity contribution < 1.29 is 14.3 Å². The fraction of sp³-hybridized carbons (Fsp3) is 0.412. The minimum absolute atomic E-state index is 0.112. The maximum absolute atomic E-state index is 12.7. The van der Waals surface area contributed by atoms with E-state index in [9.17, 15) is 9.59 Å². The van der Waals surface area contributed by atoms with Gasteiger partial charge in [0.15, 0.2) is 0 Å². The maximum Gasteiger partial charge on any atom is 0.310 e. The average Bonchev–Trinajstić information content (AvgIpc) is 3.13. The Hall–Kier alpha value is -2.70. The van der Waals surface area contributed by atoms with Gasteiger partial charge in [0.05, 0.1) is 19.4 Å². The molecule has 0 saturated carbocycles. The van der Waals surface area contributed by atoms with E-state index >= 15 is 0 Å². The van der Waals surface area contributed by atoms with Crippen LogP contribution < -0.4 is 0 Å². The Morgan fingerprint density at radius 2 is 2.00 bits per heavy atom. The first kappa shape index (κ1) is 17.7. The highest BCUT2D eigenvalue weighted by Gasteiger charge is 2.22. The number of hydrogen-bond acceptors (Lipinski definition) is 5. The fourth-order valence-corrected chi connectivity index (χ4v) is 2.42. The Kier molecular flexibility index (Phi) is 6.48. The Bertz CT molecular complexity index is 643. The van der Waals surface area contributed by atoms with E-state index in [1.807, 2.05) is 10.8 Å². The lowest BCUT2D eigenvalue weighted by atomic mass is 10.1. The van der Waals surface area contributed by atoms with Gasteiger partial charge in [-0.05, 0) is 18.6 Å². The van der Waals surface area contributed by atoms with E-state index in [1.54, 1.807) is 48.9 Å². The molecule has 7 heteroatoms. The van der Waals surface area contributed by atoms with Crippen LogP contribution in [0.1, 0.15) is 23.7 Å². The van der Waals surface area contributed by atoms with Crippen LogP contribution in [0.4, 0.5) is 0 Å². The van der Waals surface area contributed by atoms with Crippen molar-refractivity contribution in [3.8, 4) is 0 Å². The summed E-state index contributed by atoms with van der Waals surface area (Å²) >= 11 is 0. The number of esters is 1. The van der Waals surface area contributed by atoms with Crippen molar-refractivity contribution in [3.05, 3.63) is 48.8 Å². The number of aromatic nitrogens is 3. The summed E-state index contributed by atoms with van der Waals surface area (Å²) in [6, 6.07) is 3.35. The van der Waals surface area contributed by atoms with Gasteiger partial charge >= 0.3 is 5.97 Å². The van der Waals surface area contributed by atoms with Crippen LogP contribution in [0.3, 0.4) is 0 Å². The molecular formula is C17H22N4O3. The molecule has 0 bridgehead atoms. The number of amides is 1. The van der Waals surface area contributed by atoms with Crippen molar-refractivity contribution in [3.63, 3.8) is 0 Å². The third kappa shape index (κ3) is 4.91. The summed E-state index contributed by atoms with van der Waals surface area (Å²) in [6.07, 6.45) is 9.28. The molecule has 24 heavy (non-hydrogen) atoms. The van der Waals surface area contributed by atoms with Crippen LogP contribution in [0.2, 0.25) is 0 Å². The first-order chi connectivity index (χ1) is 11.6. The molecule has 1 unspecified atom stereocenters. The number of rotatable bonds is 8. The number of pyridine rings is 1. The molecule has 0 aliphatic heterocycles. The van der Waals surface area contributed by atoms with Crippen LogP contribution in [0, 0.1) is 5.92 Å². The van der Waals surface area contributed by atoms with Crippen molar-refractivity contribution in [2.24, 2.45) is 5.92 Å². The SMILES string of the molecule is COC(=O)C(C)CN(CCCn1ccnc1)C(=O)c1ccncc1. The number of nitrogens with zero attached hydrogens (tertiary/aromatic N) is 4. The lowest BCUT2D eigenvalue weighted by Gasteiger charge is -2.25. The largest absolute Gasteiger partial charge is 0.469 e. The predicted molar refractivity (Wildman–Crippen MR) is 88.2 cm³/mol. The molecule has 0 fully saturated rings. The zero-order valence-electron chi connectivity index (χ0n) is 14.0. The minimum atomic E-state index is -0.381. The highest BCUT2D eigenvalue weighted by atomic mass is 16.5. The molecule has 0 aromatic carbocycles. The monoisotopic (exact) mass is 330 g/mol. The van der Waals surface area contributed by atoms with Gasteiger partial charge in [0, 0.05) is 50.0 Å². The van der Waals surface area contributed by atoms with Gasteiger partial charge in [0.25, 0.3) is 5.91 Å². The molecule has 0 spiro atoms. The van der Waals surface area contributed by atoms with Gasteiger partial charge in [-0.1, -0.05) is 6.92 Å². The molecule has 2 heterocycles. The summed E-state index contributed by atoms with van der Waals surface area (Å²) < 4.78 is 6.72. The van der Waals surface area contributed by atoms with E-state index in [-0.39, 0.29) is 17.8 Å². The van der Waals surface area contributed by atoms with Crippen LogP contribution in [0.5, 0.6) is 0 Å². The van der Waals surface area contributed by atoms with Crippen molar-refractivity contribution >= 4 is 11.9 Å².